The van der Waals surface area contributed by atoms with E-state index < -0.39 is 0 Å². The third kappa shape index (κ3) is 4.71. The van der Waals surface area contributed by atoms with E-state index in [1.807, 2.05) is 43.3 Å². The molecule has 0 aliphatic carbocycles. The predicted molar refractivity (Wildman–Crippen MR) is 125 cm³/mol. The summed E-state index contributed by atoms with van der Waals surface area (Å²) in [5, 5.41) is 17.4. The number of hydrogen-bond acceptors (Lipinski definition) is 3. The number of benzene rings is 3. The second-order valence-electron chi connectivity index (χ2n) is 7.65. The van der Waals surface area contributed by atoms with Gasteiger partial charge in [0.15, 0.2) is 17.7 Å². The van der Waals surface area contributed by atoms with Gasteiger partial charge in [0.25, 0.3) is 0 Å². The minimum absolute atomic E-state index is 0.0248. The summed E-state index contributed by atoms with van der Waals surface area (Å²) < 4.78 is 5.61. The largest absolute Gasteiger partial charge is 0.504 e. The van der Waals surface area contributed by atoms with Crippen molar-refractivity contribution in [3.8, 4) is 11.5 Å². The van der Waals surface area contributed by atoms with Crippen LogP contribution in [-0.2, 0) is 6.42 Å². The first-order valence-corrected chi connectivity index (χ1v) is 11.1. The van der Waals surface area contributed by atoms with Gasteiger partial charge in [0.2, 0.25) is 0 Å². The van der Waals surface area contributed by atoms with Gasteiger partial charge in [0, 0.05) is 22.4 Å². The Bertz CT molecular complexity index is 1060. The highest BCUT2D eigenvalue weighted by Crippen LogP contribution is 2.35. The average Bonchev–Trinajstić information content (AvgIpc) is 2.81. The van der Waals surface area contributed by atoms with Crippen molar-refractivity contribution in [2.24, 2.45) is 0 Å². The van der Waals surface area contributed by atoms with Gasteiger partial charge in [-0.2, -0.15) is 0 Å². The minimum Gasteiger partial charge on any atom is -0.504 e. The standard InChI is InChI=1S/C26H27ClN2O2/c1-3-17-8-10-18(11-9-17)22-16-23(21-6-5-7-24(25(21)30)31-4-2)29-26(28-22)19-12-14-20(27)15-13-19/h5-16,23,26,28-30H,3-4H2,1-2H3/p+1. The fourth-order valence-electron chi connectivity index (χ4n) is 3.94. The SMILES string of the molecule is CCOc1cccc(C2C=C(c3ccc(CC)cc3)NC(c3ccc(Cl)cc3)[NH2+]2)c1O. The van der Waals surface area contributed by atoms with Crippen LogP contribution < -0.4 is 15.4 Å². The number of nitrogens with one attached hydrogen (secondary N) is 1. The van der Waals surface area contributed by atoms with Gasteiger partial charge in [-0.3, -0.25) is 0 Å². The van der Waals surface area contributed by atoms with Gasteiger partial charge in [-0.25, -0.2) is 0 Å². The molecule has 5 heteroatoms. The molecule has 31 heavy (non-hydrogen) atoms. The zero-order chi connectivity index (χ0) is 21.8. The number of hydrogen-bond donors (Lipinski definition) is 3. The van der Waals surface area contributed by atoms with Crippen molar-refractivity contribution >= 4 is 17.3 Å². The zero-order valence-electron chi connectivity index (χ0n) is 17.8. The lowest BCUT2D eigenvalue weighted by atomic mass is 9.97. The van der Waals surface area contributed by atoms with Gasteiger partial charge in [-0.1, -0.05) is 48.9 Å². The third-order valence-electron chi connectivity index (χ3n) is 5.65. The first-order valence-electron chi connectivity index (χ1n) is 10.7. The smallest absolute Gasteiger partial charge is 0.186 e. The Balaban J connectivity index is 1.75. The number of phenols is 1. The Morgan fingerprint density at radius 2 is 1.74 bits per heavy atom. The number of aryl methyl sites for hydroxylation is 1. The van der Waals surface area contributed by atoms with Crippen LogP contribution in [0.15, 0.2) is 72.8 Å². The molecule has 160 valence electrons. The molecule has 0 saturated heterocycles. The van der Waals surface area contributed by atoms with Crippen LogP contribution in [0.4, 0.5) is 0 Å². The Morgan fingerprint density at radius 1 is 1.00 bits per heavy atom. The quantitative estimate of drug-likeness (QED) is 0.513. The van der Waals surface area contributed by atoms with E-state index in [4.69, 9.17) is 16.3 Å². The molecule has 0 saturated carbocycles. The number of ether oxygens (including phenoxy) is 1. The number of nitrogens with two attached hydrogens (primary N) is 1. The fourth-order valence-corrected chi connectivity index (χ4v) is 4.07. The van der Waals surface area contributed by atoms with Gasteiger partial charge < -0.3 is 20.5 Å². The lowest BCUT2D eigenvalue weighted by molar-refractivity contribution is -0.731. The van der Waals surface area contributed by atoms with Gasteiger partial charge in [0.05, 0.1) is 12.2 Å². The first-order chi connectivity index (χ1) is 15.1. The van der Waals surface area contributed by atoms with Crippen molar-refractivity contribution in [3.05, 3.63) is 100 Å². The molecule has 1 aliphatic heterocycles. The molecule has 1 aliphatic rings. The molecular formula is C26H28ClN2O2+. The molecule has 0 aromatic heterocycles. The summed E-state index contributed by atoms with van der Waals surface area (Å²) in [5.41, 5.74) is 5.41. The Kier molecular flexibility index (Phi) is 6.50. The van der Waals surface area contributed by atoms with E-state index in [2.05, 4.69) is 47.9 Å². The van der Waals surface area contributed by atoms with Crippen LogP contribution in [0.2, 0.25) is 5.02 Å². The molecule has 2 atom stereocenters. The number of aromatic hydroxyl groups is 1. The molecule has 3 aromatic carbocycles. The van der Waals surface area contributed by atoms with Crippen LogP contribution in [0, 0.1) is 0 Å². The highest BCUT2D eigenvalue weighted by molar-refractivity contribution is 6.30. The van der Waals surface area contributed by atoms with Crippen LogP contribution in [0.3, 0.4) is 0 Å². The molecular weight excluding hydrogens is 408 g/mol. The molecule has 3 aromatic rings. The summed E-state index contributed by atoms with van der Waals surface area (Å²) in [6.45, 7) is 4.57. The zero-order valence-corrected chi connectivity index (χ0v) is 18.6. The van der Waals surface area contributed by atoms with Crippen LogP contribution in [-0.4, -0.2) is 11.7 Å². The Morgan fingerprint density at radius 3 is 2.42 bits per heavy atom. The Hall–Kier alpha value is -2.95. The van der Waals surface area contributed by atoms with E-state index in [0.717, 1.165) is 28.8 Å². The molecule has 2 unspecified atom stereocenters. The van der Waals surface area contributed by atoms with Gasteiger partial charge in [0.1, 0.15) is 6.04 Å². The van der Waals surface area contributed by atoms with E-state index in [0.29, 0.717) is 17.4 Å². The van der Waals surface area contributed by atoms with Crippen LogP contribution in [0.25, 0.3) is 5.70 Å². The molecule has 4 N–H and O–H groups in total. The summed E-state index contributed by atoms with van der Waals surface area (Å²) in [6, 6.07) is 22.1. The molecule has 0 fully saturated rings. The van der Waals surface area contributed by atoms with E-state index in [1.165, 1.54) is 5.56 Å². The fraction of sp³-hybridized carbons (Fsp3) is 0.231. The van der Waals surface area contributed by atoms with Gasteiger partial charge >= 0.3 is 0 Å². The van der Waals surface area contributed by atoms with E-state index in [1.54, 1.807) is 6.07 Å². The van der Waals surface area contributed by atoms with Crippen LogP contribution in [0.5, 0.6) is 11.5 Å². The molecule has 0 radical (unpaired) electrons. The monoisotopic (exact) mass is 435 g/mol. The van der Waals surface area contributed by atoms with Crippen molar-refractivity contribution in [1.29, 1.82) is 0 Å². The Labute approximate surface area is 188 Å². The summed E-state index contributed by atoms with van der Waals surface area (Å²) in [6.07, 6.45) is 3.15. The average molecular weight is 436 g/mol. The number of halogens is 1. The van der Waals surface area contributed by atoms with E-state index in [9.17, 15) is 5.11 Å². The molecule has 1 heterocycles. The normalized spacial score (nSPS) is 18.2. The molecule has 4 nitrogen and oxygen atoms in total. The second kappa shape index (κ2) is 9.46. The van der Waals surface area contributed by atoms with Crippen LogP contribution in [0.1, 0.15) is 48.3 Å². The lowest BCUT2D eigenvalue weighted by Gasteiger charge is -2.30. The van der Waals surface area contributed by atoms with Crippen molar-refractivity contribution in [1.82, 2.24) is 5.32 Å². The summed E-state index contributed by atoms with van der Waals surface area (Å²) >= 11 is 6.11. The molecule has 0 amide bonds. The predicted octanol–water partition coefficient (Wildman–Crippen LogP) is 4.95. The maximum atomic E-state index is 10.9. The topological polar surface area (TPSA) is 58.1 Å². The van der Waals surface area contributed by atoms with Crippen molar-refractivity contribution in [2.45, 2.75) is 32.5 Å². The van der Waals surface area contributed by atoms with Crippen molar-refractivity contribution < 1.29 is 15.2 Å². The number of quaternary nitrogens is 1. The molecule has 0 bridgehead atoms. The summed E-state index contributed by atoms with van der Waals surface area (Å²) in [4.78, 5) is 0. The molecule has 4 rings (SSSR count). The maximum Gasteiger partial charge on any atom is 0.186 e. The summed E-state index contributed by atoms with van der Waals surface area (Å²) in [5.74, 6) is 0.705. The molecule has 0 spiro atoms. The minimum atomic E-state index is -0.0804. The maximum absolute atomic E-state index is 10.9. The van der Waals surface area contributed by atoms with Crippen LogP contribution >= 0.6 is 11.6 Å². The number of rotatable bonds is 6. The van der Waals surface area contributed by atoms with Gasteiger partial charge in [-0.15, -0.1) is 0 Å². The summed E-state index contributed by atoms with van der Waals surface area (Å²) in [7, 11) is 0. The first kappa shape index (κ1) is 21.3. The van der Waals surface area contributed by atoms with Gasteiger partial charge in [-0.05, 0) is 60.9 Å². The second-order valence-corrected chi connectivity index (χ2v) is 8.09. The number of para-hydroxylation sites is 1. The van der Waals surface area contributed by atoms with E-state index >= 15 is 0 Å². The van der Waals surface area contributed by atoms with Crippen molar-refractivity contribution in [3.63, 3.8) is 0 Å². The third-order valence-corrected chi connectivity index (χ3v) is 5.90. The van der Waals surface area contributed by atoms with E-state index in [-0.39, 0.29) is 18.0 Å². The number of phenolic OH excluding ortho intramolecular Hbond substituents is 1. The highest BCUT2D eigenvalue weighted by Gasteiger charge is 2.30. The van der Waals surface area contributed by atoms with Crippen molar-refractivity contribution in [2.75, 3.05) is 6.61 Å². The lowest BCUT2D eigenvalue weighted by Crippen LogP contribution is -2.89. The highest BCUT2D eigenvalue weighted by atomic mass is 35.5.